The lowest BCUT2D eigenvalue weighted by atomic mass is 9.97. The van der Waals surface area contributed by atoms with Crippen molar-refractivity contribution in [3.8, 4) is 11.5 Å². The number of halogens is 1. The van der Waals surface area contributed by atoms with Gasteiger partial charge in [-0.15, -0.1) is 0 Å². The largest absolute Gasteiger partial charge is 0.497 e. The van der Waals surface area contributed by atoms with Crippen molar-refractivity contribution in [3.05, 3.63) is 57.2 Å². The maximum Gasteiger partial charge on any atom is 0.124 e. The van der Waals surface area contributed by atoms with E-state index < -0.39 is 0 Å². The molecular formula is C17H20INO2. The van der Waals surface area contributed by atoms with E-state index in [1.165, 1.54) is 9.13 Å². The molecule has 1 atom stereocenters. The summed E-state index contributed by atoms with van der Waals surface area (Å²) in [5.41, 5.74) is 2.30. The lowest BCUT2D eigenvalue weighted by Gasteiger charge is -2.22. The highest BCUT2D eigenvalue weighted by molar-refractivity contribution is 14.1. The minimum atomic E-state index is 0.0785. The van der Waals surface area contributed by atoms with Crippen molar-refractivity contribution < 1.29 is 9.47 Å². The zero-order valence-electron chi connectivity index (χ0n) is 12.5. The Kier molecular flexibility index (Phi) is 5.87. The van der Waals surface area contributed by atoms with Crippen LogP contribution in [-0.2, 0) is 0 Å². The van der Waals surface area contributed by atoms with Crippen LogP contribution in [0.2, 0.25) is 0 Å². The van der Waals surface area contributed by atoms with Gasteiger partial charge in [0.1, 0.15) is 11.5 Å². The molecule has 0 aromatic heterocycles. The summed E-state index contributed by atoms with van der Waals surface area (Å²) in [5, 5.41) is 3.53. The Labute approximate surface area is 139 Å². The van der Waals surface area contributed by atoms with E-state index in [2.05, 4.69) is 59.1 Å². The summed E-state index contributed by atoms with van der Waals surface area (Å²) >= 11 is 2.33. The van der Waals surface area contributed by atoms with Gasteiger partial charge in [-0.3, -0.25) is 0 Å². The van der Waals surface area contributed by atoms with Gasteiger partial charge in [0.05, 0.1) is 20.3 Å². The van der Waals surface area contributed by atoms with Crippen LogP contribution in [0, 0.1) is 3.57 Å². The van der Waals surface area contributed by atoms with Crippen LogP contribution in [0.25, 0.3) is 0 Å². The summed E-state index contributed by atoms with van der Waals surface area (Å²) in [7, 11) is 3.38. The van der Waals surface area contributed by atoms with Crippen LogP contribution < -0.4 is 14.8 Å². The Morgan fingerprint density at radius 3 is 2.52 bits per heavy atom. The van der Waals surface area contributed by atoms with E-state index in [-0.39, 0.29) is 6.04 Å². The van der Waals surface area contributed by atoms with E-state index in [1.807, 2.05) is 18.2 Å². The van der Waals surface area contributed by atoms with Crippen LogP contribution in [0.5, 0.6) is 11.5 Å². The predicted molar refractivity (Wildman–Crippen MR) is 94.2 cm³/mol. The van der Waals surface area contributed by atoms with Gasteiger partial charge in [0.2, 0.25) is 0 Å². The number of rotatable bonds is 6. The molecule has 112 valence electrons. The highest BCUT2D eigenvalue weighted by atomic mass is 127. The van der Waals surface area contributed by atoms with E-state index in [1.54, 1.807) is 14.2 Å². The Morgan fingerprint density at radius 2 is 1.90 bits per heavy atom. The van der Waals surface area contributed by atoms with Crippen LogP contribution in [0.15, 0.2) is 42.5 Å². The van der Waals surface area contributed by atoms with E-state index in [0.29, 0.717) is 0 Å². The van der Waals surface area contributed by atoms with Crippen molar-refractivity contribution in [1.29, 1.82) is 0 Å². The monoisotopic (exact) mass is 397 g/mol. The second-order valence-corrected chi connectivity index (χ2v) is 5.90. The molecule has 0 spiro atoms. The van der Waals surface area contributed by atoms with Gasteiger partial charge in [0.25, 0.3) is 0 Å². The maximum absolute atomic E-state index is 5.53. The van der Waals surface area contributed by atoms with Gasteiger partial charge in [-0.25, -0.2) is 0 Å². The van der Waals surface area contributed by atoms with Crippen LogP contribution in [-0.4, -0.2) is 20.8 Å². The molecule has 0 fully saturated rings. The molecule has 1 unspecified atom stereocenters. The fourth-order valence-electron chi connectivity index (χ4n) is 2.36. The smallest absolute Gasteiger partial charge is 0.124 e. The molecule has 0 amide bonds. The van der Waals surface area contributed by atoms with Gasteiger partial charge in [-0.05, 0) is 65.0 Å². The van der Waals surface area contributed by atoms with Crippen molar-refractivity contribution in [3.63, 3.8) is 0 Å². The lowest BCUT2D eigenvalue weighted by molar-refractivity contribution is 0.394. The van der Waals surface area contributed by atoms with Crippen molar-refractivity contribution in [1.82, 2.24) is 5.32 Å². The number of benzene rings is 2. The Balaban J connectivity index is 2.51. The Bertz CT molecular complexity index is 601. The van der Waals surface area contributed by atoms with Crippen molar-refractivity contribution in [2.75, 3.05) is 20.8 Å². The SMILES string of the molecule is CCNC(c1cccc(I)c1)c1cc(OC)ccc1OC. The predicted octanol–water partition coefficient (Wildman–Crippen LogP) is 4.01. The lowest BCUT2D eigenvalue weighted by Crippen LogP contribution is -2.22. The van der Waals surface area contributed by atoms with Crippen LogP contribution in [0.1, 0.15) is 24.1 Å². The number of hydrogen-bond donors (Lipinski definition) is 1. The van der Waals surface area contributed by atoms with Crippen molar-refractivity contribution >= 4 is 22.6 Å². The van der Waals surface area contributed by atoms with Gasteiger partial charge in [0.15, 0.2) is 0 Å². The van der Waals surface area contributed by atoms with Crippen LogP contribution >= 0.6 is 22.6 Å². The standard InChI is InChI=1S/C17H20INO2/c1-4-19-17(12-6-5-7-13(18)10-12)15-11-14(20-2)8-9-16(15)21-3/h5-11,17,19H,4H2,1-3H3. The summed E-state index contributed by atoms with van der Waals surface area (Å²) in [6.07, 6.45) is 0. The topological polar surface area (TPSA) is 30.5 Å². The minimum absolute atomic E-state index is 0.0785. The quantitative estimate of drug-likeness (QED) is 0.748. The number of hydrogen-bond acceptors (Lipinski definition) is 3. The zero-order valence-corrected chi connectivity index (χ0v) is 14.7. The number of nitrogens with one attached hydrogen (secondary N) is 1. The van der Waals surface area contributed by atoms with Crippen LogP contribution in [0.4, 0.5) is 0 Å². The molecule has 2 aromatic carbocycles. The van der Waals surface area contributed by atoms with Crippen LogP contribution in [0.3, 0.4) is 0 Å². The summed E-state index contributed by atoms with van der Waals surface area (Å²) in [4.78, 5) is 0. The molecule has 0 radical (unpaired) electrons. The van der Waals surface area contributed by atoms with E-state index >= 15 is 0 Å². The molecule has 4 heteroatoms. The zero-order chi connectivity index (χ0) is 15.2. The minimum Gasteiger partial charge on any atom is -0.497 e. The summed E-state index contributed by atoms with van der Waals surface area (Å²) in [6, 6.07) is 14.5. The van der Waals surface area contributed by atoms with Crippen molar-refractivity contribution in [2.45, 2.75) is 13.0 Å². The average Bonchev–Trinajstić information content (AvgIpc) is 2.52. The second kappa shape index (κ2) is 7.66. The van der Waals surface area contributed by atoms with Gasteiger partial charge in [-0.2, -0.15) is 0 Å². The first-order valence-corrected chi connectivity index (χ1v) is 7.98. The number of methoxy groups -OCH3 is 2. The van der Waals surface area contributed by atoms with Gasteiger partial charge in [-0.1, -0.05) is 19.1 Å². The molecular weight excluding hydrogens is 377 g/mol. The van der Waals surface area contributed by atoms with E-state index in [9.17, 15) is 0 Å². The first-order chi connectivity index (χ1) is 10.2. The summed E-state index contributed by atoms with van der Waals surface area (Å²) < 4.78 is 12.1. The normalized spacial score (nSPS) is 12.0. The molecule has 21 heavy (non-hydrogen) atoms. The second-order valence-electron chi connectivity index (χ2n) is 4.65. The molecule has 0 bridgehead atoms. The third kappa shape index (κ3) is 3.89. The molecule has 0 aliphatic heterocycles. The van der Waals surface area contributed by atoms with E-state index in [4.69, 9.17) is 9.47 Å². The molecule has 0 heterocycles. The third-order valence-corrected chi connectivity index (χ3v) is 4.01. The summed E-state index contributed by atoms with van der Waals surface area (Å²) in [5.74, 6) is 1.69. The fourth-order valence-corrected chi connectivity index (χ4v) is 2.93. The Hall–Kier alpha value is -1.27. The molecule has 0 aliphatic carbocycles. The molecule has 2 aromatic rings. The first kappa shape index (κ1) is 16.1. The number of ether oxygens (including phenoxy) is 2. The first-order valence-electron chi connectivity index (χ1n) is 6.90. The molecule has 0 saturated carbocycles. The molecule has 1 N–H and O–H groups in total. The molecule has 2 rings (SSSR count). The molecule has 0 saturated heterocycles. The van der Waals surface area contributed by atoms with Gasteiger partial charge < -0.3 is 14.8 Å². The van der Waals surface area contributed by atoms with Gasteiger partial charge >= 0.3 is 0 Å². The van der Waals surface area contributed by atoms with Gasteiger partial charge in [0, 0.05) is 9.13 Å². The summed E-state index contributed by atoms with van der Waals surface area (Å²) in [6.45, 7) is 2.98. The highest BCUT2D eigenvalue weighted by Gasteiger charge is 2.18. The maximum atomic E-state index is 5.53. The van der Waals surface area contributed by atoms with E-state index in [0.717, 1.165) is 23.6 Å². The molecule has 0 aliphatic rings. The fraction of sp³-hybridized carbons (Fsp3) is 0.294. The molecule has 3 nitrogen and oxygen atoms in total. The average molecular weight is 397 g/mol. The van der Waals surface area contributed by atoms with Crippen molar-refractivity contribution in [2.24, 2.45) is 0 Å². The third-order valence-electron chi connectivity index (χ3n) is 3.34. The highest BCUT2D eigenvalue weighted by Crippen LogP contribution is 2.33. The Morgan fingerprint density at radius 1 is 1.10 bits per heavy atom.